The molecule has 1 rings (SSSR count). The van der Waals surface area contributed by atoms with Gasteiger partial charge in [0.25, 0.3) is 0 Å². The van der Waals surface area contributed by atoms with Crippen LogP contribution in [0, 0.1) is 6.07 Å². The summed E-state index contributed by atoms with van der Waals surface area (Å²) in [6, 6.07) is 2.68. The van der Waals surface area contributed by atoms with Crippen LogP contribution in [0.25, 0.3) is 10.2 Å². The van der Waals surface area contributed by atoms with Gasteiger partial charge in [0.2, 0.25) is 6.07 Å². The van der Waals surface area contributed by atoms with Gasteiger partial charge in [0, 0.05) is 0 Å². The molecule has 0 aliphatic carbocycles. The van der Waals surface area contributed by atoms with E-state index in [1.54, 1.807) is 0 Å². The zero-order valence-electron chi connectivity index (χ0n) is 2.81. The summed E-state index contributed by atoms with van der Waals surface area (Å²) in [6.45, 7) is 1.35. The topological polar surface area (TPSA) is 18.5 Å². The molecule has 0 aromatic heterocycles. The van der Waals surface area contributed by atoms with Gasteiger partial charge in [-0.3, -0.25) is 0 Å². The van der Waals surface area contributed by atoms with Gasteiger partial charge in [-0.05, 0) is 6.54 Å². The van der Waals surface area contributed by atoms with Gasteiger partial charge >= 0.3 is 0 Å². The standard InChI is InChI=1S/C3H4N2/c1-2-5-3-4-1/h1,3H2. The van der Waals surface area contributed by atoms with E-state index in [1.807, 2.05) is 0 Å². The van der Waals surface area contributed by atoms with Crippen molar-refractivity contribution in [1.82, 2.24) is 0 Å². The maximum atomic E-state index is 3.81. The molecular formula is C3H4N2. The molecule has 2 nitrogen and oxygen atoms in total. The largest absolute Gasteiger partial charge is 0.571 e. The molecule has 0 aromatic carbocycles. The lowest BCUT2D eigenvalue weighted by Gasteiger charge is -1.86. The van der Waals surface area contributed by atoms with Crippen molar-refractivity contribution in [2.24, 2.45) is 0 Å². The van der Waals surface area contributed by atoms with Gasteiger partial charge in [-0.25, -0.2) is 0 Å². The third kappa shape index (κ3) is 0.366. The van der Waals surface area contributed by atoms with E-state index in [2.05, 4.69) is 16.2 Å². The summed E-state index contributed by atoms with van der Waals surface area (Å²) in [5.74, 6) is 0. The molecule has 0 bridgehead atoms. The predicted molar refractivity (Wildman–Crippen MR) is 20.3 cm³/mol. The molecule has 0 N–H and O–H groups in total. The van der Waals surface area contributed by atoms with Crippen LogP contribution in [0.1, 0.15) is 0 Å². The molecule has 0 amide bonds. The lowest BCUT2D eigenvalue weighted by Crippen LogP contribution is -1.66. The minimum absolute atomic E-state index is 0.639. The smallest absolute Gasteiger partial charge is 0.247 e. The van der Waals surface area contributed by atoms with E-state index in [-0.39, 0.29) is 0 Å². The molecule has 0 radical (unpaired) electrons. The van der Waals surface area contributed by atoms with Crippen LogP contribution in [0.3, 0.4) is 0 Å². The Morgan fingerprint density at radius 3 is 3.00 bits per heavy atom. The van der Waals surface area contributed by atoms with E-state index < -0.39 is 0 Å². The molecule has 1 heterocycles. The first-order chi connectivity index (χ1) is 2.50. The van der Waals surface area contributed by atoms with E-state index in [1.165, 1.54) is 0 Å². The van der Waals surface area contributed by atoms with Crippen molar-refractivity contribution < 1.29 is 0 Å². The van der Waals surface area contributed by atoms with E-state index >= 15 is 0 Å². The van der Waals surface area contributed by atoms with Crippen molar-refractivity contribution in [3.63, 3.8) is 0 Å². The molecule has 0 atom stereocenters. The highest BCUT2D eigenvalue weighted by Crippen LogP contribution is 1.90. The zero-order valence-corrected chi connectivity index (χ0v) is 2.81. The maximum Gasteiger partial charge on any atom is 0.247 e. The number of nitrogens with zero attached hydrogens (tertiary/aromatic N) is 2. The summed E-state index contributed by atoms with van der Waals surface area (Å²) < 4.78 is 0. The van der Waals surface area contributed by atoms with Crippen LogP contribution in [0.4, 0.5) is 0 Å². The van der Waals surface area contributed by atoms with Crippen LogP contribution in [0.5, 0.6) is 0 Å². The zero-order chi connectivity index (χ0) is 3.54. The van der Waals surface area contributed by atoms with Crippen LogP contribution in [0.2, 0.25) is 0 Å². The Morgan fingerprint density at radius 1 is 1.80 bits per heavy atom. The van der Waals surface area contributed by atoms with Crippen LogP contribution in [0.15, 0.2) is 0 Å². The monoisotopic (exact) mass is 68.0 g/mol. The molecular weight excluding hydrogens is 64.0 g/mol. The van der Waals surface area contributed by atoms with E-state index in [0.29, 0.717) is 13.2 Å². The molecule has 1 aliphatic heterocycles. The van der Waals surface area contributed by atoms with Crippen LogP contribution >= 0.6 is 0 Å². The van der Waals surface area contributed by atoms with Gasteiger partial charge in [0.05, 0.1) is 0 Å². The first kappa shape index (κ1) is 2.67. The Bertz CT molecular complexity index is 68.6. The van der Waals surface area contributed by atoms with Crippen molar-refractivity contribution in [2.45, 2.75) is 0 Å². The van der Waals surface area contributed by atoms with Crippen molar-refractivity contribution in [3.8, 4) is 6.07 Å². The highest BCUT2D eigenvalue weighted by Gasteiger charge is 1.81. The Labute approximate surface area is 30.6 Å². The van der Waals surface area contributed by atoms with Gasteiger partial charge < -0.3 is 5.32 Å². The quantitative estimate of drug-likeness (QED) is 0.371. The second kappa shape index (κ2) is 1.05. The number of rotatable bonds is 0. The molecule has 0 aromatic rings. The lowest BCUT2D eigenvalue weighted by molar-refractivity contribution is 1.38. The highest BCUT2D eigenvalue weighted by atomic mass is 15.0. The fourth-order valence-electron chi connectivity index (χ4n) is 0.250. The summed E-state index contributed by atoms with van der Waals surface area (Å²) in [4.78, 5) is 3.67. The van der Waals surface area contributed by atoms with Crippen LogP contribution in [-0.4, -0.2) is 13.2 Å². The predicted octanol–water partition coefficient (Wildman–Crippen LogP) is 0.664. The van der Waals surface area contributed by atoms with E-state index in [9.17, 15) is 0 Å². The van der Waals surface area contributed by atoms with Crippen molar-refractivity contribution in [1.29, 1.82) is 0 Å². The van der Waals surface area contributed by atoms with E-state index in [4.69, 9.17) is 0 Å². The highest BCUT2D eigenvalue weighted by molar-refractivity contribution is 5.09. The molecule has 2 heteroatoms. The lowest BCUT2D eigenvalue weighted by atomic mass is 10.8. The fraction of sp³-hybridized carbons (Fsp3) is 0.667. The van der Waals surface area contributed by atoms with Gasteiger partial charge in [-0.2, -0.15) is 0 Å². The van der Waals surface area contributed by atoms with Crippen molar-refractivity contribution in [2.75, 3.05) is 13.2 Å². The second-order valence-corrected chi connectivity index (χ2v) is 0.839. The van der Waals surface area contributed by atoms with Crippen LogP contribution in [-0.2, 0) is 0 Å². The molecule has 0 fully saturated rings. The SMILES string of the molecule is C1#[N+]C[N-]C1. The van der Waals surface area contributed by atoms with Crippen LogP contribution < -0.4 is 0 Å². The minimum atomic E-state index is 0.639. The van der Waals surface area contributed by atoms with Crippen molar-refractivity contribution in [3.05, 3.63) is 10.2 Å². The summed E-state index contributed by atoms with van der Waals surface area (Å²) in [5, 5.41) is 3.81. The first-order valence-corrected chi connectivity index (χ1v) is 1.53. The summed E-state index contributed by atoms with van der Waals surface area (Å²) in [5.41, 5.74) is 0. The van der Waals surface area contributed by atoms with E-state index in [0.717, 1.165) is 0 Å². The average Bonchev–Trinajstić information content (AvgIpc) is 1.76. The van der Waals surface area contributed by atoms with Gasteiger partial charge in [-0.15, -0.1) is 4.85 Å². The normalized spacial score (nSPS) is 17.6. The molecule has 26 valence electrons. The minimum Gasteiger partial charge on any atom is -0.571 e. The maximum absolute atomic E-state index is 3.81. The molecule has 1 aliphatic rings. The molecule has 0 unspecified atom stereocenters. The average molecular weight is 68.1 g/mol. The van der Waals surface area contributed by atoms with Crippen molar-refractivity contribution >= 4 is 0 Å². The Morgan fingerprint density at radius 2 is 2.80 bits per heavy atom. The van der Waals surface area contributed by atoms with Gasteiger partial charge in [0.15, 0.2) is 6.67 Å². The molecule has 5 heavy (non-hydrogen) atoms. The molecule has 0 saturated heterocycles. The first-order valence-electron chi connectivity index (χ1n) is 1.53. The molecule has 0 spiro atoms. The molecule has 0 saturated carbocycles. The fourth-order valence-corrected chi connectivity index (χ4v) is 0.250. The second-order valence-electron chi connectivity index (χ2n) is 0.839. The Hall–Kier alpha value is -0.550. The summed E-state index contributed by atoms with van der Waals surface area (Å²) >= 11 is 0. The van der Waals surface area contributed by atoms with Gasteiger partial charge in [0.1, 0.15) is 0 Å². The number of hydrogen-bond acceptors (Lipinski definition) is 0. The number of hydrogen-bond donors (Lipinski definition) is 0. The van der Waals surface area contributed by atoms with Gasteiger partial charge in [-0.1, -0.05) is 0 Å². The Kier molecular flexibility index (Phi) is 0.559. The summed E-state index contributed by atoms with van der Waals surface area (Å²) in [6.07, 6.45) is 0. The third-order valence-electron chi connectivity index (χ3n) is 0.465. The summed E-state index contributed by atoms with van der Waals surface area (Å²) in [7, 11) is 0. The third-order valence-corrected chi connectivity index (χ3v) is 0.465. The Balaban J connectivity index is 2.42.